The van der Waals surface area contributed by atoms with E-state index in [-0.39, 0.29) is 11.8 Å². The summed E-state index contributed by atoms with van der Waals surface area (Å²) in [4.78, 5) is 26.7. The molecule has 0 spiro atoms. The standard InChI is InChI=1S/C19H20N2O2/c22-18(20-17-10-3-1-4-11-17)15-8-7-9-16(14-15)19(23)21-12-5-2-6-13-21/h1,3-4,7-11,14H,2,5-6,12-13H2,(H,20,22). The van der Waals surface area contributed by atoms with E-state index in [9.17, 15) is 9.59 Å². The van der Waals surface area contributed by atoms with Crippen LogP contribution in [-0.2, 0) is 0 Å². The third kappa shape index (κ3) is 3.77. The fourth-order valence-corrected chi connectivity index (χ4v) is 2.80. The van der Waals surface area contributed by atoms with Crippen LogP contribution in [0.5, 0.6) is 0 Å². The van der Waals surface area contributed by atoms with E-state index in [0.29, 0.717) is 11.1 Å². The maximum atomic E-state index is 12.5. The van der Waals surface area contributed by atoms with Gasteiger partial charge in [-0.2, -0.15) is 0 Å². The lowest BCUT2D eigenvalue weighted by molar-refractivity contribution is 0.0724. The summed E-state index contributed by atoms with van der Waals surface area (Å²) in [6, 6.07) is 16.2. The monoisotopic (exact) mass is 308 g/mol. The summed E-state index contributed by atoms with van der Waals surface area (Å²) in [5.41, 5.74) is 1.81. The van der Waals surface area contributed by atoms with Gasteiger partial charge in [0.25, 0.3) is 11.8 Å². The number of piperidine rings is 1. The number of rotatable bonds is 3. The number of carbonyl (C=O) groups excluding carboxylic acids is 2. The Morgan fingerprint density at radius 2 is 1.52 bits per heavy atom. The van der Waals surface area contributed by atoms with E-state index >= 15 is 0 Å². The van der Waals surface area contributed by atoms with E-state index in [4.69, 9.17) is 0 Å². The third-order valence-corrected chi connectivity index (χ3v) is 4.05. The van der Waals surface area contributed by atoms with Crippen molar-refractivity contribution in [2.75, 3.05) is 18.4 Å². The highest BCUT2D eigenvalue weighted by molar-refractivity contribution is 6.06. The van der Waals surface area contributed by atoms with Crippen molar-refractivity contribution >= 4 is 17.5 Å². The molecule has 0 aliphatic carbocycles. The van der Waals surface area contributed by atoms with Crippen LogP contribution >= 0.6 is 0 Å². The fourth-order valence-electron chi connectivity index (χ4n) is 2.80. The molecule has 2 amide bonds. The average Bonchev–Trinajstić information content (AvgIpc) is 2.63. The summed E-state index contributed by atoms with van der Waals surface area (Å²) in [6.07, 6.45) is 3.29. The van der Waals surface area contributed by atoms with Crippen LogP contribution in [0.25, 0.3) is 0 Å². The molecule has 4 heteroatoms. The van der Waals surface area contributed by atoms with Crippen LogP contribution < -0.4 is 5.32 Å². The number of anilines is 1. The molecule has 0 unspecified atom stereocenters. The number of hydrogen-bond acceptors (Lipinski definition) is 2. The van der Waals surface area contributed by atoms with Gasteiger partial charge < -0.3 is 10.2 Å². The van der Waals surface area contributed by atoms with Gasteiger partial charge in [-0.05, 0) is 49.6 Å². The van der Waals surface area contributed by atoms with Gasteiger partial charge in [-0.3, -0.25) is 9.59 Å². The van der Waals surface area contributed by atoms with Gasteiger partial charge in [0.1, 0.15) is 0 Å². The zero-order chi connectivity index (χ0) is 16.1. The first-order valence-corrected chi connectivity index (χ1v) is 8.00. The molecule has 118 valence electrons. The van der Waals surface area contributed by atoms with Gasteiger partial charge in [0.05, 0.1) is 0 Å². The van der Waals surface area contributed by atoms with Crippen LogP contribution in [0.3, 0.4) is 0 Å². The lowest BCUT2D eigenvalue weighted by Crippen LogP contribution is -2.35. The molecule has 1 heterocycles. The molecular weight excluding hydrogens is 288 g/mol. The number of benzene rings is 2. The fraction of sp³-hybridized carbons (Fsp3) is 0.263. The smallest absolute Gasteiger partial charge is 0.255 e. The minimum absolute atomic E-state index is 0.0130. The molecular formula is C19H20N2O2. The van der Waals surface area contributed by atoms with E-state index in [2.05, 4.69) is 5.32 Å². The molecule has 1 aliphatic heterocycles. The van der Waals surface area contributed by atoms with E-state index in [1.54, 1.807) is 24.3 Å². The number of amides is 2. The number of nitrogens with one attached hydrogen (secondary N) is 1. The van der Waals surface area contributed by atoms with Crippen molar-refractivity contribution in [3.63, 3.8) is 0 Å². The maximum absolute atomic E-state index is 12.5. The van der Waals surface area contributed by atoms with Crippen LogP contribution in [0, 0.1) is 0 Å². The molecule has 1 N–H and O–H groups in total. The van der Waals surface area contributed by atoms with Crippen LogP contribution in [0.4, 0.5) is 5.69 Å². The first-order valence-electron chi connectivity index (χ1n) is 8.00. The molecule has 0 aromatic heterocycles. The van der Waals surface area contributed by atoms with Gasteiger partial charge in [0.2, 0.25) is 0 Å². The van der Waals surface area contributed by atoms with Gasteiger partial charge in [0.15, 0.2) is 0 Å². The van der Waals surface area contributed by atoms with E-state index in [1.807, 2.05) is 35.2 Å². The van der Waals surface area contributed by atoms with Gasteiger partial charge in [-0.15, -0.1) is 0 Å². The van der Waals surface area contributed by atoms with E-state index < -0.39 is 0 Å². The van der Waals surface area contributed by atoms with Gasteiger partial charge >= 0.3 is 0 Å². The molecule has 2 aromatic carbocycles. The van der Waals surface area contributed by atoms with Gasteiger partial charge in [-0.1, -0.05) is 24.3 Å². The zero-order valence-electron chi connectivity index (χ0n) is 13.0. The molecule has 0 atom stereocenters. The second kappa shape index (κ2) is 7.09. The van der Waals surface area contributed by atoms with Crippen LogP contribution in [0.2, 0.25) is 0 Å². The lowest BCUT2D eigenvalue weighted by atomic mass is 10.1. The van der Waals surface area contributed by atoms with Crippen molar-refractivity contribution in [3.8, 4) is 0 Å². The number of nitrogens with zero attached hydrogens (tertiary/aromatic N) is 1. The van der Waals surface area contributed by atoms with Crippen LogP contribution in [-0.4, -0.2) is 29.8 Å². The summed E-state index contributed by atoms with van der Waals surface area (Å²) in [6.45, 7) is 1.61. The first-order chi connectivity index (χ1) is 11.2. The highest BCUT2D eigenvalue weighted by atomic mass is 16.2. The summed E-state index contributed by atoms with van der Waals surface area (Å²) < 4.78 is 0. The number of likely N-dealkylation sites (tertiary alicyclic amines) is 1. The average molecular weight is 308 g/mol. The molecule has 0 radical (unpaired) electrons. The topological polar surface area (TPSA) is 49.4 Å². The summed E-state index contributed by atoms with van der Waals surface area (Å²) in [7, 11) is 0. The molecule has 1 fully saturated rings. The molecule has 4 nitrogen and oxygen atoms in total. The van der Waals surface area contributed by atoms with E-state index in [0.717, 1.165) is 31.6 Å². The Labute approximate surface area is 136 Å². The highest BCUT2D eigenvalue weighted by Crippen LogP contribution is 2.15. The highest BCUT2D eigenvalue weighted by Gasteiger charge is 2.19. The van der Waals surface area contributed by atoms with Crippen molar-refractivity contribution < 1.29 is 9.59 Å². The Morgan fingerprint density at radius 3 is 2.26 bits per heavy atom. The minimum atomic E-state index is -0.204. The molecule has 2 aromatic rings. The lowest BCUT2D eigenvalue weighted by Gasteiger charge is -2.26. The minimum Gasteiger partial charge on any atom is -0.339 e. The molecule has 1 aliphatic rings. The zero-order valence-corrected chi connectivity index (χ0v) is 13.0. The molecule has 23 heavy (non-hydrogen) atoms. The molecule has 0 bridgehead atoms. The van der Waals surface area contributed by atoms with E-state index in [1.165, 1.54) is 6.42 Å². The third-order valence-electron chi connectivity index (χ3n) is 4.05. The Balaban J connectivity index is 1.74. The van der Waals surface area contributed by atoms with Crippen molar-refractivity contribution in [1.29, 1.82) is 0 Å². The Hall–Kier alpha value is -2.62. The Bertz CT molecular complexity index is 692. The summed E-state index contributed by atoms with van der Waals surface area (Å²) in [5.74, 6) is -0.191. The Kier molecular flexibility index (Phi) is 4.71. The molecule has 0 saturated carbocycles. The molecule has 3 rings (SSSR count). The SMILES string of the molecule is O=C(Nc1ccccc1)c1cccc(C(=O)N2CCCCC2)c1. The predicted molar refractivity (Wildman–Crippen MR) is 90.6 cm³/mol. The normalized spacial score (nSPS) is 14.3. The van der Waals surface area contributed by atoms with Gasteiger partial charge in [0, 0.05) is 29.9 Å². The number of hydrogen-bond donors (Lipinski definition) is 1. The molecule has 1 saturated heterocycles. The quantitative estimate of drug-likeness (QED) is 0.942. The van der Waals surface area contributed by atoms with Crippen molar-refractivity contribution in [2.24, 2.45) is 0 Å². The largest absolute Gasteiger partial charge is 0.339 e. The van der Waals surface area contributed by atoms with Crippen molar-refractivity contribution in [2.45, 2.75) is 19.3 Å². The van der Waals surface area contributed by atoms with Crippen molar-refractivity contribution in [1.82, 2.24) is 4.90 Å². The van der Waals surface area contributed by atoms with Gasteiger partial charge in [-0.25, -0.2) is 0 Å². The summed E-state index contributed by atoms with van der Waals surface area (Å²) in [5, 5.41) is 2.84. The van der Waals surface area contributed by atoms with Crippen molar-refractivity contribution in [3.05, 3.63) is 65.7 Å². The second-order valence-corrected chi connectivity index (χ2v) is 5.75. The second-order valence-electron chi connectivity index (χ2n) is 5.75. The summed E-state index contributed by atoms with van der Waals surface area (Å²) >= 11 is 0. The maximum Gasteiger partial charge on any atom is 0.255 e. The number of para-hydroxylation sites is 1. The first kappa shape index (κ1) is 15.3. The number of carbonyl (C=O) groups is 2. The van der Waals surface area contributed by atoms with Crippen LogP contribution in [0.15, 0.2) is 54.6 Å². The predicted octanol–water partition coefficient (Wildman–Crippen LogP) is 3.57. The van der Waals surface area contributed by atoms with Crippen LogP contribution in [0.1, 0.15) is 40.0 Å². The Morgan fingerprint density at radius 1 is 0.826 bits per heavy atom.